The van der Waals surface area contributed by atoms with Crippen molar-refractivity contribution in [1.82, 2.24) is 15.3 Å². The smallest absolute Gasteiger partial charge is 0.347 e. The van der Waals surface area contributed by atoms with Crippen LogP contribution in [0.1, 0.15) is 29.1 Å². The third-order valence-electron chi connectivity index (χ3n) is 3.82. The van der Waals surface area contributed by atoms with Gasteiger partial charge >= 0.3 is 6.18 Å². The van der Waals surface area contributed by atoms with Crippen molar-refractivity contribution in [2.45, 2.75) is 37.6 Å². The Morgan fingerprint density at radius 3 is 2.92 bits per heavy atom. The van der Waals surface area contributed by atoms with Crippen LogP contribution in [0, 0.1) is 0 Å². The minimum atomic E-state index is -4.40. The number of H-pyrrole nitrogens is 1. The Labute approximate surface area is 149 Å². The summed E-state index contributed by atoms with van der Waals surface area (Å²) in [7, 11) is 0. The first-order chi connectivity index (χ1) is 11.8. The van der Waals surface area contributed by atoms with Crippen LogP contribution in [-0.4, -0.2) is 34.3 Å². The maximum absolute atomic E-state index is 12.3. The molecule has 0 saturated heterocycles. The van der Waals surface area contributed by atoms with Crippen LogP contribution in [0.15, 0.2) is 4.79 Å². The highest BCUT2D eigenvalue weighted by molar-refractivity contribution is 7.98. The first-order valence-corrected chi connectivity index (χ1v) is 9.75. The molecule has 2 heterocycles. The zero-order valence-corrected chi connectivity index (χ0v) is 14.8. The van der Waals surface area contributed by atoms with E-state index in [1.165, 1.54) is 16.6 Å². The topological polar surface area (TPSA) is 74.8 Å². The zero-order chi connectivity index (χ0) is 18.0. The molecule has 0 aromatic carbocycles. The third-order valence-corrected chi connectivity index (χ3v) is 5.98. The molecule has 5 nitrogen and oxygen atoms in total. The summed E-state index contributed by atoms with van der Waals surface area (Å²) in [5.74, 6) is 0.640. The predicted octanol–water partition coefficient (Wildman–Crippen LogP) is 2.78. The summed E-state index contributed by atoms with van der Waals surface area (Å²) in [4.78, 5) is 32.8. The molecule has 0 bridgehead atoms. The van der Waals surface area contributed by atoms with E-state index in [4.69, 9.17) is 0 Å². The second-order valence-corrected chi connectivity index (χ2v) is 7.93. The van der Waals surface area contributed by atoms with E-state index in [1.807, 2.05) is 5.32 Å². The van der Waals surface area contributed by atoms with Gasteiger partial charge in [-0.3, -0.25) is 9.59 Å². The fourth-order valence-corrected chi connectivity index (χ4v) is 4.82. The van der Waals surface area contributed by atoms with Crippen LogP contribution in [-0.2, 0) is 23.4 Å². The summed E-state index contributed by atoms with van der Waals surface area (Å²) in [6, 6.07) is 0. The number of nitrogens with zero attached hydrogens (tertiary/aromatic N) is 1. The Morgan fingerprint density at radius 1 is 1.36 bits per heavy atom. The number of hydrogen-bond donors (Lipinski definition) is 2. The molecule has 0 spiro atoms. The molecule has 2 aromatic heterocycles. The molecule has 1 amide bonds. The number of rotatable bonds is 6. The summed E-state index contributed by atoms with van der Waals surface area (Å²) in [6.45, 7) is -1.31. The molecule has 3 rings (SSSR count). The standard InChI is InChI=1S/C15H16F3N3O2S2/c16-15(17,18)7-19-11(22)4-5-24-6-10-20-13(23)12-8-2-1-3-9(8)25-14(12)21-10/h1-7H2,(H,19,22)(H,20,21,23). The van der Waals surface area contributed by atoms with Gasteiger partial charge in [-0.25, -0.2) is 4.98 Å². The maximum atomic E-state index is 12.3. The number of carbonyl (C=O) groups excluding carboxylic acids is 1. The van der Waals surface area contributed by atoms with Crippen molar-refractivity contribution in [3.8, 4) is 0 Å². The van der Waals surface area contributed by atoms with E-state index >= 15 is 0 Å². The van der Waals surface area contributed by atoms with Crippen LogP contribution >= 0.6 is 23.1 Å². The molecule has 0 saturated carbocycles. The van der Waals surface area contributed by atoms with E-state index in [2.05, 4.69) is 9.97 Å². The number of alkyl halides is 3. The lowest BCUT2D eigenvalue weighted by Crippen LogP contribution is -2.33. The van der Waals surface area contributed by atoms with Crippen LogP contribution in [0.25, 0.3) is 10.2 Å². The van der Waals surface area contributed by atoms with E-state index in [0.29, 0.717) is 22.7 Å². The summed E-state index contributed by atoms with van der Waals surface area (Å²) < 4.78 is 36.0. The number of thiophene rings is 1. The Bertz CT molecular complexity index is 845. The van der Waals surface area contributed by atoms with Crippen LogP contribution in [0.4, 0.5) is 13.2 Å². The Hall–Kier alpha value is -1.55. The average molecular weight is 391 g/mol. The number of aromatic amines is 1. The fraction of sp³-hybridized carbons (Fsp3) is 0.533. The van der Waals surface area contributed by atoms with Crippen LogP contribution in [0.2, 0.25) is 0 Å². The van der Waals surface area contributed by atoms with E-state index in [0.717, 1.165) is 29.7 Å². The minimum Gasteiger partial charge on any atom is -0.347 e. The van der Waals surface area contributed by atoms with E-state index < -0.39 is 18.6 Å². The Balaban J connectivity index is 1.52. The van der Waals surface area contributed by atoms with E-state index in [-0.39, 0.29) is 12.0 Å². The summed E-state index contributed by atoms with van der Waals surface area (Å²) in [6.07, 6.45) is -1.43. The maximum Gasteiger partial charge on any atom is 0.405 e. The molecule has 1 aliphatic carbocycles. The zero-order valence-electron chi connectivity index (χ0n) is 13.2. The molecule has 0 atom stereocenters. The number of aromatic nitrogens is 2. The van der Waals surface area contributed by atoms with Gasteiger partial charge in [-0.1, -0.05) is 0 Å². The van der Waals surface area contributed by atoms with Crippen molar-refractivity contribution in [2.24, 2.45) is 0 Å². The number of thioether (sulfide) groups is 1. The molecule has 0 unspecified atom stereocenters. The van der Waals surface area contributed by atoms with Gasteiger partial charge in [0.05, 0.1) is 11.1 Å². The second kappa shape index (κ2) is 7.36. The van der Waals surface area contributed by atoms with Crippen LogP contribution in [0.3, 0.4) is 0 Å². The van der Waals surface area contributed by atoms with Gasteiger partial charge in [-0.2, -0.15) is 24.9 Å². The highest BCUT2D eigenvalue weighted by atomic mass is 32.2. The number of fused-ring (bicyclic) bond motifs is 3. The van der Waals surface area contributed by atoms with Gasteiger partial charge in [0.2, 0.25) is 5.91 Å². The van der Waals surface area contributed by atoms with Crippen molar-refractivity contribution in [3.05, 3.63) is 26.6 Å². The van der Waals surface area contributed by atoms with Gasteiger partial charge in [0, 0.05) is 17.1 Å². The quantitative estimate of drug-likeness (QED) is 0.743. The van der Waals surface area contributed by atoms with E-state index in [1.54, 1.807) is 11.3 Å². The fourth-order valence-electron chi connectivity index (χ4n) is 2.74. The van der Waals surface area contributed by atoms with Crippen LogP contribution < -0.4 is 10.9 Å². The SMILES string of the molecule is O=C(CCSCc1nc2sc3c(c2c(=O)[nH]1)CCC3)NCC(F)(F)F. The van der Waals surface area contributed by atoms with E-state index in [9.17, 15) is 22.8 Å². The lowest BCUT2D eigenvalue weighted by atomic mass is 10.2. The van der Waals surface area contributed by atoms with Gasteiger partial charge in [0.15, 0.2) is 0 Å². The van der Waals surface area contributed by atoms with Crippen molar-refractivity contribution < 1.29 is 18.0 Å². The summed E-state index contributed by atoms with van der Waals surface area (Å²) in [5, 5.41) is 2.52. The summed E-state index contributed by atoms with van der Waals surface area (Å²) in [5.41, 5.74) is 0.984. The molecule has 136 valence electrons. The predicted molar refractivity (Wildman–Crippen MR) is 92.1 cm³/mol. The summed E-state index contributed by atoms with van der Waals surface area (Å²) >= 11 is 2.90. The number of nitrogens with one attached hydrogen (secondary N) is 2. The van der Waals surface area contributed by atoms with Crippen molar-refractivity contribution >= 4 is 39.2 Å². The molecule has 1 aliphatic rings. The minimum absolute atomic E-state index is 0.0134. The van der Waals surface area contributed by atoms with Gasteiger partial charge in [0.1, 0.15) is 17.2 Å². The van der Waals surface area contributed by atoms with Crippen LogP contribution in [0.5, 0.6) is 0 Å². The van der Waals surface area contributed by atoms with Crippen molar-refractivity contribution in [2.75, 3.05) is 12.3 Å². The largest absolute Gasteiger partial charge is 0.405 e. The molecule has 25 heavy (non-hydrogen) atoms. The van der Waals surface area contributed by atoms with Gasteiger partial charge in [-0.05, 0) is 24.8 Å². The molecule has 0 radical (unpaired) electrons. The number of aryl methyl sites for hydroxylation is 2. The Morgan fingerprint density at radius 2 is 2.16 bits per heavy atom. The molecule has 0 fully saturated rings. The van der Waals surface area contributed by atoms with Gasteiger partial charge in [-0.15, -0.1) is 11.3 Å². The highest BCUT2D eigenvalue weighted by Crippen LogP contribution is 2.34. The molecule has 10 heteroatoms. The van der Waals surface area contributed by atoms with Crippen molar-refractivity contribution in [3.63, 3.8) is 0 Å². The van der Waals surface area contributed by atoms with Gasteiger partial charge in [0.25, 0.3) is 5.56 Å². The van der Waals surface area contributed by atoms with Gasteiger partial charge < -0.3 is 10.3 Å². The Kier molecular flexibility index (Phi) is 5.38. The first-order valence-electron chi connectivity index (χ1n) is 7.78. The molecule has 2 aromatic rings. The molecule has 0 aliphatic heterocycles. The lowest BCUT2D eigenvalue weighted by molar-refractivity contribution is -0.138. The average Bonchev–Trinajstić information content (AvgIpc) is 3.09. The molecular weight excluding hydrogens is 375 g/mol. The third kappa shape index (κ3) is 4.55. The first kappa shape index (κ1) is 18.2. The number of halogens is 3. The highest BCUT2D eigenvalue weighted by Gasteiger charge is 2.27. The normalized spacial score (nSPS) is 14.0. The molecule has 2 N–H and O–H groups in total. The second-order valence-electron chi connectivity index (χ2n) is 5.74. The number of amides is 1. The number of hydrogen-bond acceptors (Lipinski definition) is 5. The van der Waals surface area contributed by atoms with Crippen molar-refractivity contribution in [1.29, 1.82) is 0 Å². The lowest BCUT2D eigenvalue weighted by Gasteiger charge is -2.08. The monoisotopic (exact) mass is 391 g/mol. The number of carbonyl (C=O) groups is 1. The molecular formula is C15H16F3N3O2S2.